The molecule has 3 aromatic rings. The summed E-state index contributed by atoms with van der Waals surface area (Å²) in [6.45, 7) is 0. The van der Waals surface area contributed by atoms with Crippen LogP contribution in [-0.4, -0.2) is 13.3 Å². The lowest BCUT2D eigenvalue weighted by Gasteiger charge is -2.19. The molecule has 0 atom stereocenters. The molecule has 0 radical (unpaired) electrons. The van der Waals surface area contributed by atoms with E-state index in [0.29, 0.717) is 20.8 Å². The third kappa shape index (κ3) is 4.50. The Morgan fingerprint density at radius 3 is 2.04 bits per heavy atom. The van der Waals surface area contributed by atoms with Crippen molar-refractivity contribution in [2.75, 3.05) is 17.4 Å². The highest BCUT2D eigenvalue weighted by Gasteiger charge is 2.06. The molecule has 0 aromatic heterocycles. The lowest BCUT2D eigenvalue weighted by Crippen LogP contribution is -2.08. The zero-order valence-corrected chi connectivity index (χ0v) is 16.2. The standard InChI is InChI=1S/C20H16Cl3N3/c1-26(16-5-3-2-4-6-16)17-9-7-14(8-10-17)13-24-25-20-18(22)11-15(21)12-19(20)23/h2-13,25H,1H3/b24-13-. The van der Waals surface area contributed by atoms with Crippen molar-refractivity contribution in [1.29, 1.82) is 0 Å². The Bertz CT molecular complexity index is 886. The third-order valence-electron chi connectivity index (χ3n) is 3.82. The monoisotopic (exact) mass is 403 g/mol. The molecule has 0 aliphatic rings. The number of para-hydroxylation sites is 1. The average Bonchev–Trinajstić information content (AvgIpc) is 2.64. The largest absolute Gasteiger partial charge is 0.345 e. The van der Waals surface area contributed by atoms with Gasteiger partial charge in [0.15, 0.2) is 0 Å². The predicted molar refractivity (Wildman–Crippen MR) is 114 cm³/mol. The van der Waals surface area contributed by atoms with E-state index in [9.17, 15) is 0 Å². The van der Waals surface area contributed by atoms with E-state index in [2.05, 4.69) is 27.6 Å². The van der Waals surface area contributed by atoms with Crippen molar-refractivity contribution in [2.45, 2.75) is 0 Å². The van der Waals surface area contributed by atoms with Crippen LogP contribution in [-0.2, 0) is 0 Å². The summed E-state index contributed by atoms with van der Waals surface area (Å²) in [4.78, 5) is 2.12. The van der Waals surface area contributed by atoms with Crippen LogP contribution >= 0.6 is 34.8 Å². The first-order valence-electron chi connectivity index (χ1n) is 7.87. The fraction of sp³-hybridized carbons (Fsp3) is 0.0500. The Balaban J connectivity index is 1.69. The van der Waals surface area contributed by atoms with Gasteiger partial charge in [0.1, 0.15) is 0 Å². The Morgan fingerprint density at radius 2 is 1.42 bits per heavy atom. The summed E-state index contributed by atoms with van der Waals surface area (Å²) in [7, 11) is 2.03. The van der Waals surface area contributed by atoms with Crippen LogP contribution in [0.4, 0.5) is 17.1 Å². The van der Waals surface area contributed by atoms with E-state index in [0.717, 1.165) is 16.9 Å². The molecule has 1 N–H and O–H groups in total. The number of hydrogen-bond donors (Lipinski definition) is 1. The highest BCUT2D eigenvalue weighted by Crippen LogP contribution is 2.33. The predicted octanol–water partition coefficient (Wildman–Crippen LogP) is 6.86. The van der Waals surface area contributed by atoms with E-state index >= 15 is 0 Å². The van der Waals surface area contributed by atoms with Crippen molar-refractivity contribution in [3.8, 4) is 0 Å². The molecule has 3 rings (SSSR count). The molecule has 26 heavy (non-hydrogen) atoms. The first kappa shape index (κ1) is 18.6. The number of hydrazone groups is 1. The number of nitrogens with zero attached hydrogens (tertiary/aromatic N) is 2. The van der Waals surface area contributed by atoms with Crippen LogP contribution in [0.1, 0.15) is 5.56 Å². The van der Waals surface area contributed by atoms with Gasteiger partial charge in [-0.15, -0.1) is 0 Å². The SMILES string of the molecule is CN(c1ccccc1)c1ccc(/C=N\Nc2c(Cl)cc(Cl)cc2Cl)cc1. The summed E-state index contributed by atoms with van der Waals surface area (Å²) < 4.78 is 0. The molecular weight excluding hydrogens is 389 g/mol. The average molecular weight is 405 g/mol. The van der Waals surface area contributed by atoms with E-state index < -0.39 is 0 Å². The molecule has 3 nitrogen and oxygen atoms in total. The number of hydrogen-bond acceptors (Lipinski definition) is 3. The first-order chi connectivity index (χ1) is 12.5. The molecule has 0 bridgehead atoms. The van der Waals surface area contributed by atoms with Gasteiger partial charge in [0.25, 0.3) is 0 Å². The molecule has 0 saturated carbocycles. The zero-order chi connectivity index (χ0) is 18.5. The van der Waals surface area contributed by atoms with Crippen LogP contribution in [0, 0.1) is 0 Å². The molecule has 3 aromatic carbocycles. The Hall–Kier alpha value is -2.20. The second-order valence-electron chi connectivity index (χ2n) is 5.60. The summed E-state index contributed by atoms with van der Waals surface area (Å²) in [5, 5.41) is 5.51. The molecule has 0 saturated heterocycles. The summed E-state index contributed by atoms with van der Waals surface area (Å²) in [5.41, 5.74) is 6.54. The van der Waals surface area contributed by atoms with Gasteiger partial charge in [-0.2, -0.15) is 5.10 Å². The molecule has 0 spiro atoms. The zero-order valence-electron chi connectivity index (χ0n) is 14.0. The van der Waals surface area contributed by atoms with Crippen LogP contribution in [0.5, 0.6) is 0 Å². The fourth-order valence-corrected chi connectivity index (χ4v) is 3.31. The van der Waals surface area contributed by atoms with Gasteiger partial charge in [0, 0.05) is 23.4 Å². The maximum absolute atomic E-state index is 6.12. The van der Waals surface area contributed by atoms with Crippen molar-refractivity contribution >= 4 is 58.1 Å². The highest BCUT2D eigenvalue weighted by atomic mass is 35.5. The Labute approximate surface area is 167 Å². The van der Waals surface area contributed by atoms with Crippen LogP contribution in [0.25, 0.3) is 0 Å². The van der Waals surface area contributed by atoms with Gasteiger partial charge < -0.3 is 4.90 Å². The second-order valence-corrected chi connectivity index (χ2v) is 6.85. The van der Waals surface area contributed by atoms with Gasteiger partial charge in [-0.1, -0.05) is 65.1 Å². The minimum atomic E-state index is 0.416. The Morgan fingerprint density at radius 1 is 0.846 bits per heavy atom. The van der Waals surface area contributed by atoms with E-state index in [4.69, 9.17) is 34.8 Å². The van der Waals surface area contributed by atoms with E-state index in [1.54, 1.807) is 18.3 Å². The summed E-state index contributed by atoms with van der Waals surface area (Å²) in [6.07, 6.45) is 1.70. The smallest absolute Gasteiger partial charge is 0.0935 e. The molecule has 0 amide bonds. The lowest BCUT2D eigenvalue weighted by molar-refractivity contribution is 1.21. The summed E-state index contributed by atoms with van der Waals surface area (Å²) >= 11 is 18.1. The lowest BCUT2D eigenvalue weighted by atomic mass is 10.2. The van der Waals surface area contributed by atoms with E-state index in [1.165, 1.54) is 0 Å². The molecule has 0 aliphatic heterocycles. The summed E-state index contributed by atoms with van der Waals surface area (Å²) in [5.74, 6) is 0. The molecule has 132 valence electrons. The van der Waals surface area contributed by atoms with Gasteiger partial charge in [-0.3, -0.25) is 5.43 Å². The molecule has 0 aliphatic carbocycles. The number of anilines is 3. The molecule has 0 heterocycles. The van der Waals surface area contributed by atoms with Gasteiger partial charge >= 0.3 is 0 Å². The topological polar surface area (TPSA) is 27.6 Å². The molecule has 0 fully saturated rings. The quantitative estimate of drug-likeness (QED) is 0.371. The van der Waals surface area contributed by atoms with Crippen molar-refractivity contribution < 1.29 is 0 Å². The van der Waals surface area contributed by atoms with Crippen LogP contribution in [0.2, 0.25) is 15.1 Å². The van der Waals surface area contributed by atoms with Crippen molar-refractivity contribution in [3.63, 3.8) is 0 Å². The first-order valence-corrected chi connectivity index (χ1v) is 9.00. The highest BCUT2D eigenvalue weighted by molar-refractivity contribution is 6.41. The van der Waals surface area contributed by atoms with E-state index in [-0.39, 0.29) is 0 Å². The maximum Gasteiger partial charge on any atom is 0.0935 e. The maximum atomic E-state index is 6.12. The Kier molecular flexibility index (Phi) is 6.04. The molecular formula is C20H16Cl3N3. The van der Waals surface area contributed by atoms with Crippen molar-refractivity contribution in [3.05, 3.63) is 87.4 Å². The van der Waals surface area contributed by atoms with Crippen LogP contribution in [0.3, 0.4) is 0 Å². The number of rotatable bonds is 5. The second kappa shape index (κ2) is 8.45. The fourth-order valence-electron chi connectivity index (χ4n) is 2.41. The number of halogens is 3. The number of benzene rings is 3. The molecule has 6 heteroatoms. The van der Waals surface area contributed by atoms with Crippen LogP contribution in [0.15, 0.2) is 71.8 Å². The van der Waals surface area contributed by atoms with Crippen molar-refractivity contribution in [2.24, 2.45) is 5.10 Å². The minimum Gasteiger partial charge on any atom is -0.345 e. The summed E-state index contributed by atoms with van der Waals surface area (Å²) in [6, 6.07) is 21.5. The minimum absolute atomic E-state index is 0.416. The van der Waals surface area contributed by atoms with Gasteiger partial charge in [0.2, 0.25) is 0 Å². The van der Waals surface area contributed by atoms with Gasteiger partial charge in [-0.25, -0.2) is 0 Å². The number of nitrogens with one attached hydrogen (secondary N) is 1. The molecule has 0 unspecified atom stereocenters. The van der Waals surface area contributed by atoms with Gasteiger partial charge in [-0.05, 0) is 42.0 Å². The van der Waals surface area contributed by atoms with Crippen LogP contribution < -0.4 is 10.3 Å². The van der Waals surface area contributed by atoms with Crippen molar-refractivity contribution in [1.82, 2.24) is 0 Å². The third-order valence-corrected chi connectivity index (χ3v) is 4.64. The normalized spacial score (nSPS) is 10.9. The van der Waals surface area contributed by atoms with E-state index in [1.807, 2.05) is 49.5 Å². The van der Waals surface area contributed by atoms with Gasteiger partial charge in [0.05, 0.1) is 21.9 Å².